The minimum Gasteiger partial charge on any atom is -0.469 e. The van der Waals surface area contributed by atoms with Gasteiger partial charge in [0.1, 0.15) is 4.60 Å². The predicted octanol–water partition coefficient (Wildman–Crippen LogP) is 1.41. The molecule has 76 valence electrons. The van der Waals surface area contributed by atoms with Crippen molar-refractivity contribution in [3.8, 4) is 0 Å². The molecule has 0 radical (unpaired) electrons. The summed E-state index contributed by atoms with van der Waals surface area (Å²) >= 11 is 3.23. The Morgan fingerprint density at radius 1 is 1.71 bits per heavy atom. The molecule has 0 aromatic carbocycles. The lowest BCUT2D eigenvalue weighted by Gasteiger charge is -2.09. The lowest BCUT2D eigenvalue weighted by Crippen LogP contribution is -2.17. The molecule has 1 rings (SSSR count). The summed E-state index contributed by atoms with van der Waals surface area (Å²) in [6.07, 6.45) is 0.139. The van der Waals surface area contributed by atoms with Crippen LogP contribution in [0.25, 0.3) is 0 Å². The van der Waals surface area contributed by atoms with Gasteiger partial charge in [-0.25, -0.2) is 4.98 Å². The van der Waals surface area contributed by atoms with Crippen molar-refractivity contribution in [1.29, 1.82) is 0 Å². The summed E-state index contributed by atoms with van der Waals surface area (Å²) in [7, 11) is 1.34. The summed E-state index contributed by atoms with van der Waals surface area (Å²) in [5, 5.41) is 0. The summed E-state index contributed by atoms with van der Waals surface area (Å²) in [6, 6.07) is 4.98. The zero-order valence-electron chi connectivity index (χ0n) is 7.74. The average molecular weight is 259 g/mol. The minimum atomic E-state index is -0.417. The van der Waals surface area contributed by atoms with E-state index < -0.39 is 6.04 Å². The second-order valence-electron chi connectivity index (χ2n) is 2.77. The SMILES string of the molecule is COC(=O)C[C@H](N)c1cccc(Br)n1. The summed E-state index contributed by atoms with van der Waals surface area (Å²) in [5.41, 5.74) is 6.43. The zero-order chi connectivity index (χ0) is 10.6. The average Bonchev–Trinajstić information content (AvgIpc) is 2.17. The number of methoxy groups -OCH3 is 1. The Morgan fingerprint density at radius 2 is 2.43 bits per heavy atom. The van der Waals surface area contributed by atoms with Crippen LogP contribution in [0.3, 0.4) is 0 Å². The molecule has 0 amide bonds. The zero-order valence-corrected chi connectivity index (χ0v) is 9.32. The number of ether oxygens (including phenoxy) is 1. The summed E-state index contributed by atoms with van der Waals surface area (Å²) in [6.45, 7) is 0. The van der Waals surface area contributed by atoms with Crippen LogP contribution in [0, 0.1) is 0 Å². The smallest absolute Gasteiger partial charge is 0.307 e. The molecule has 0 fully saturated rings. The van der Waals surface area contributed by atoms with E-state index in [1.807, 2.05) is 6.07 Å². The summed E-state index contributed by atoms with van der Waals surface area (Å²) in [5.74, 6) is -0.334. The van der Waals surface area contributed by atoms with Crippen LogP contribution in [-0.4, -0.2) is 18.1 Å². The Morgan fingerprint density at radius 3 is 3.00 bits per heavy atom. The topological polar surface area (TPSA) is 65.2 Å². The Kier molecular flexibility index (Phi) is 4.03. The number of nitrogens with two attached hydrogens (primary N) is 1. The standard InChI is InChI=1S/C9H11BrN2O2/c1-14-9(13)5-6(11)7-3-2-4-8(10)12-7/h2-4,6H,5,11H2,1H3/t6-/m0/s1. The van der Waals surface area contributed by atoms with Gasteiger partial charge in [-0.3, -0.25) is 4.79 Å². The molecule has 0 spiro atoms. The van der Waals surface area contributed by atoms with E-state index in [9.17, 15) is 4.79 Å². The van der Waals surface area contributed by atoms with Crippen LogP contribution in [0.4, 0.5) is 0 Å². The molecule has 0 aliphatic carbocycles. The van der Waals surface area contributed by atoms with Gasteiger partial charge in [-0.15, -0.1) is 0 Å². The monoisotopic (exact) mass is 258 g/mol. The van der Waals surface area contributed by atoms with Gasteiger partial charge in [0.05, 0.1) is 25.3 Å². The molecule has 1 aromatic heterocycles. The molecule has 0 bridgehead atoms. The molecular formula is C9H11BrN2O2. The van der Waals surface area contributed by atoms with E-state index in [0.29, 0.717) is 10.3 Å². The summed E-state index contributed by atoms with van der Waals surface area (Å²) in [4.78, 5) is 15.1. The van der Waals surface area contributed by atoms with Crippen molar-refractivity contribution >= 4 is 21.9 Å². The number of carbonyl (C=O) groups is 1. The van der Waals surface area contributed by atoms with Crippen molar-refractivity contribution in [3.63, 3.8) is 0 Å². The summed E-state index contributed by atoms with van der Waals surface area (Å²) < 4.78 is 5.22. The van der Waals surface area contributed by atoms with Crippen LogP contribution in [0.2, 0.25) is 0 Å². The van der Waals surface area contributed by atoms with Gasteiger partial charge in [0.25, 0.3) is 0 Å². The van der Waals surface area contributed by atoms with Crippen molar-refractivity contribution in [1.82, 2.24) is 4.98 Å². The maximum Gasteiger partial charge on any atom is 0.307 e. The Labute approximate surface area is 90.6 Å². The van der Waals surface area contributed by atoms with Gasteiger partial charge in [0.15, 0.2) is 0 Å². The molecule has 1 heterocycles. The van der Waals surface area contributed by atoms with Crippen LogP contribution in [0.5, 0.6) is 0 Å². The Hall–Kier alpha value is -0.940. The molecule has 14 heavy (non-hydrogen) atoms. The van der Waals surface area contributed by atoms with Crippen molar-refractivity contribution in [3.05, 3.63) is 28.5 Å². The third-order valence-electron chi connectivity index (χ3n) is 1.73. The van der Waals surface area contributed by atoms with Gasteiger partial charge in [-0.2, -0.15) is 0 Å². The van der Waals surface area contributed by atoms with Crippen molar-refractivity contribution in [2.24, 2.45) is 5.73 Å². The number of esters is 1. The third kappa shape index (κ3) is 3.08. The van der Waals surface area contributed by atoms with Crippen molar-refractivity contribution < 1.29 is 9.53 Å². The third-order valence-corrected chi connectivity index (χ3v) is 2.17. The fourth-order valence-electron chi connectivity index (χ4n) is 0.998. The van der Waals surface area contributed by atoms with Gasteiger partial charge >= 0.3 is 5.97 Å². The van der Waals surface area contributed by atoms with Crippen molar-refractivity contribution in [2.45, 2.75) is 12.5 Å². The van der Waals surface area contributed by atoms with Gasteiger partial charge in [0, 0.05) is 0 Å². The van der Waals surface area contributed by atoms with Crippen LogP contribution < -0.4 is 5.73 Å². The van der Waals surface area contributed by atoms with Gasteiger partial charge in [-0.1, -0.05) is 6.07 Å². The first-order chi connectivity index (χ1) is 6.63. The molecular weight excluding hydrogens is 248 g/mol. The normalized spacial score (nSPS) is 12.2. The first-order valence-corrected chi connectivity index (χ1v) is 4.87. The fourth-order valence-corrected chi connectivity index (χ4v) is 1.36. The van der Waals surface area contributed by atoms with Gasteiger partial charge in [-0.05, 0) is 28.1 Å². The van der Waals surface area contributed by atoms with Crippen molar-refractivity contribution in [2.75, 3.05) is 7.11 Å². The molecule has 0 aliphatic heterocycles. The highest BCUT2D eigenvalue weighted by atomic mass is 79.9. The van der Waals surface area contributed by atoms with E-state index in [1.165, 1.54) is 7.11 Å². The highest BCUT2D eigenvalue weighted by molar-refractivity contribution is 9.10. The molecule has 0 unspecified atom stereocenters. The first kappa shape index (κ1) is 11.1. The van der Waals surface area contributed by atoms with Crippen LogP contribution >= 0.6 is 15.9 Å². The quantitative estimate of drug-likeness (QED) is 0.658. The number of halogens is 1. The van der Waals surface area contributed by atoms with E-state index in [0.717, 1.165) is 0 Å². The van der Waals surface area contributed by atoms with E-state index in [4.69, 9.17) is 5.73 Å². The van der Waals surface area contributed by atoms with E-state index in [2.05, 4.69) is 25.7 Å². The number of nitrogens with zero attached hydrogens (tertiary/aromatic N) is 1. The minimum absolute atomic E-state index is 0.139. The highest BCUT2D eigenvalue weighted by Crippen LogP contribution is 2.14. The molecule has 0 aliphatic rings. The predicted molar refractivity (Wildman–Crippen MR) is 55.5 cm³/mol. The lowest BCUT2D eigenvalue weighted by atomic mass is 10.1. The number of aromatic nitrogens is 1. The molecule has 5 heteroatoms. The number of pyridine rings is 1. The van der Waals surface area contributed by atoms with E-state index >= 15 is 0 Å². The second-order valence-corrected chi connectivity index (χ2v) is 3.58. The maximum absolute atomic E-state index is 10.9. The van der Waals surface area contributed by atoms with Gasteiger partial charge in [0.2, 0.25) is 0 Å². The molecule has 0 saturated heterocycles. The number of hydrogen-bond donors (Lipinski definition) is 1. The molecule has 1 atom stereocenters. The Balaban J connectivity index is 2.69. The second kappa shape index (κ2) is 5.07. The Bertz CT molecular complexity index is 330. The maximum atomic E-state index is 10.9. The van der Waals surface area contributed by atoms with E-state index in [-0.39, 0.29) is 12.4 Å². The number of hydrogen-bond acceptors (Lipinski definition) is 4. The molecule has 2 N–H and O–H groups in total. The highest BCUT2D eigenvalue weighted by Gasteiger charge is 2.12. The first-order valence-electron chi connectivity index (χ1n) is 4.08. The van der Waals surface area contributed by atoms with Crippen LogP contribution in [-0.2, 0) is 9.53 Å². The lowest BCUT2D eigenvalue weighted by molar-refractivity contribution is -0.141. The molecule has 4 nitrogen and oxygen atoms in total. The number of carbonyl (C=O) groups excluding carboxylic acids is 1. The molecule has 1 aromatic rings. The largest absolute Gasteiger partial charge is 0.469 e. The fraction of sp³-hybridized carbons (Fsp3) is 0.333. The number of rotatable bonds is 3. The van der Waals surface area contributed by atoms with Gasteiger partial charge < -0.3 is 10.5 Å². The van der Waals surface area contributed by atoms with E-state index in [1.54, 1.807) is 12.1 Å². The van der Waals surface area contributed by atoms with Crippen LogP contribution in [0.1, 0.15) is 18.2 Å². The van der Waals surface area contributed by atoms with Crippen LogP contribution in [0.15, 0.2) is 22.8 Å². The molecule has 0 saturated carbocycles.